The second-order valence-corrected chi connectivity index (χ2v) is 4.96. The summed E-state index contributed by atoms with van der Waals surface area (Å²) in [5.41, 5.74) is -4.23. The summed E-state index contributed by atoms with van der Waals surface area (Å²) < 4.78 is 82.6. The zero-order chi connectivity index (χ0) is 10.5. The van der Waals surface area contributed by atoms with E-state index < -0.39 is 39.4 Å². The highest BCUT2D eigenvalue weighted by Gasteiger charge is 2.69. The Labute approximate surface area is 70.6 Å². The van der Waals surface area contributed by atoms with Gasteiger partial charge in [-0.3, -0.25) is 0 Å². The van der Waals surface area contributed by atoms with Crippen LogP contribution in [0.1, 0.15) is 0 Å². The van der Waals surface area contributed by atoms with Gasteiger partial charge >= 0.3 is 5.92 Å². The van der Waals surface area contributed by atoms with Crippen molar-refractivity contribution in [2.24, 2.45) is 0 Å². The molecule has 1 saturated heterocycles. The molecule has 1 fully saturated rings. The first-order valence-electron chi connectivity index (χ1n) is 3.16. The molecular formula is C5H5F5O2S. The predicted octanol–water partition coefficient (Wildman–Crippen LogP) is 1.02. The molecule has 0 aliphatic carbocycles. The van der Waals surface area contributed by atoms with Gasteiger partial charge in [-0.1, -0.05) is 0 Å². The Bertz CT molecular complexity index is 311. The van der Waals surface area contributed by atoms with E-state index in [2.05, 4.69) is 0 Å². The van der Waals surface area contributed by atoms with Crippen LogP contribution in [0.25, 0.3) is 0 Å². The fourth-order valence-electron chi connectivity index (χ4n) is 1.10. The number of alkyl halides is 5. The van der Waals surface area contributed by atoms with Crippen molar-refractivity contribution in [1.29, 1.82) is 0 Å². The standard InChI is InChI=1S/C5H5F5O2S/c6-3(7)4(8)1-13(11,12)2-5(4,9)10/h3H,1-2H2. The van der Waals surface area contributed by atoms with E-state index in [1.807, 2.05) is 0 Å². The van der Waals surface area contributed by atoms with Crippen LogP contribution in [-0.4, -0.2) is 37.9 Å². The van der Waals surface area contributed by atoms with Gasteiger partial charge in [0.1, 0.15) is 5.75 Å². The Balaban J connectivity index is 3.15. The summed E-state index contributed by atoms with van der Waals surface area (Å²) in [6, 6.07) is 0. The van der Waals surface area contributed by atoms with Crippen LogP contribution in [0, 0.1) is 0 Å². The van der Waals surface area contributed by atoms with Gasteiger partial charge in [0.25, 0.3) is 6.43 Å². The summed E-state index contributed by atoms with van der Waals surface area (Å²) in [6.07, 6.45) is -4.00. The van der Waals surface area contributed by atoms with E-state index in [1.54, 1.807) is 0 Å². The Hall–Kier alpha value is -0.400. The topological polar surface area (TPSA) is 34.1 Å². The van der Waals surface area contributed by atoms with Crippen LogP contribution < -0.4 is 0 Å². The van der Waals surface area contributed by atoms with E-state index in [4.69, 9.17) is 0 Å². The van der Waals surface area contributed by atoms with Crippen LogP contribution in [0.15, 0.2) is 0 Å². The average Bonchev–Trinajstić information content (AvgIpc) is 1.97. The molecule has 0 aromatic carbocycles. The lowest BCUT2D eigenvalue weighted by Crippen LogP contribution is -2.48. The predicted molar refractivity (Wildman–Crippen MR) is 33.4 cm³/mol. The summed E-state index contributed by atoms with van der Waals surface area (Å²) >= 11 is 0. The van der Waals surface area contributed by atoms with Gasteiger partial charge in [0, 0.05) is 0 Å². The first kappa shape index (κ1) is 10.7. The first-order valence-corrected chi connectivity index (χ1v) is 4.98. The molecule has 1 unspecified atom stereocenters. The lowest BCUT2D eigenvalue weighted by Gasteiger charge is -2.23. The van der Waals surface area contributed by atoms with Crippen molar-refractivity contribution in [2.45, 2.75) is 18.0 Å². The van der Waals surface area contributed by atoms with Gasteiger partial charge in [0.2, 0.25) is 5.67 Å². The third-order valence-corrected chi connectivity index (χ3v) is 3.45. The van der Waals surface area contributed by atoms with Crippen molar-refractivity contribution in [2.75, 3.05) is 11.5 Å². The number of rotatable bonds is 1. The summed E-state index contributed by atoms with van der Waals surface area (Å²) in [5, 5.41) is 0. The minimum atomic E-state index is -4.50. The van der Waals surface area contributed by atoms with Crippen molar-refractivity contribution in [1.82, 2.24) is 0 Å². The summed E-state index contributed by atoms with van der Waals surface area (Å²) in [6.45, 7) is 0. The number of hydrogen-bond acceptors (Lipinski definition) is 2. The van der Waals surface area contributed by atoms with Crippen LogP contribution in [-0.2, 0) is 9.84 Å². The molecule has 0 aromatic rings. The first-order chi connectivity index (χ1) is 5.61. The fourth-order valence-corrected chi connectivity index (χ4v) is 2.97. The molecule has 0 aromatic heterocycles. The lowest BCUT2D eigenvalue weighted by atomic mass is 10.0. The third kappa shape index (κ3) is 1.51. The maximum Gasteiger partial charge on any atom is 0.301 e. The van der Waals surface area contributed by atoms with Crippen molar-refractivity contribution in [3.8, 4) is 0 Å². The molecule has 1 heterocycles. The van der Waals surface area contributed by atoms with Crippen LogP contribution >= 0.6 is 0 Å². The Morgan fingerprint density at radius 1 is 1.08 bits per heavy atom. The lowest BCUT2D eigenvalue weighted by molar-refractivity contribution is -0.165. The third-order valence-electron chi connectivity index (χ3n) is 1.79. The van der Waals surface area contributed by atoms with E-state index in [0.717, 1.165) is 0 Å². The molecular weight excluding hydrogens is 219 g/mol. The molecule has 0 radical (unpaired) electrons. The molecule has 0 N–H and O–H groups in total. The van der Waals surface area contributed by atoms with Gasteiger partial charge in [0.05, 0.1) is 5.75 Å². The van der Waals surface area contributed by atoms with Crippen molar-refractivity contribution < 1.29 is 30.4 Å². The Morgan fingerprint density at radius 2 is 1.54 bits per heavy atom. The molecule has 13 heavy (non-hydrogen) atoms. The van der Waals surface area contributed by atoms with Gasteiger partial charge in [-0.25, -0.2) is 30.4 Å². The number of hydrogen-bond donors (Lipinski definition) is 0. The van der Waals surface area contributed by atoms with E-state index in [9.17, 15) is 30.4 Å². The van der Waals surface area contributed by atoms with Gasteiger partial charge in [0.15, 0.2) is 9.84 Å². The Morgan fingerprint density at radius 3 is 1.69 bits per heavy atom. The molecule has 1 aliphatic rings. The van der Waals surface area contributed by atoms with Crippen molar-refractivity contribution in [3.63, 3.8) is 0 Å². The highest BCUT2D eigenvalue weighted by Crippen LogP contribution is 2.44. The molecule has 0 amide bonds. The SMILES string of the molecule is O=S1(=O)CC(F)(F)C(F)(C(F)F)C1. The quantitative estimate of drug-likeness (QED) is 0.623. The minimum absolute atomic E-state index is 1.81. The minimum Gasteiger partial charge on any atom is -0.230 e. The summed E-state index contributed by atoms with van der Waals surface area (Å²) in [7, 11) is -4.41. The van der Waals surface area contributed by atoms with Crippen molar-refractivity contribution >= 4 is 9.84 Å². The van der Waals surface area contributed by atoms with Crippen LogP contribution in [0.5, 0.6) is 0 Å². The van der Waals surface area contributed by atoms with E-state index >= 15 is 0 Å². The van der Waals surface area contributed by atoms with Gasteiger partial charge in [-0.2, -0.15) is 0 Å². The highest BCUT2D eigenvalue weighted by atomic mass is 32.2. The molecule has 0 saturated carbocycles. The van der Waals surface area contributed by atoms with Gasteiger partial charge in [-0.15, -0.1) is 0 Å². The molecule has 0 bridgehead atoms. The normalized spacial score (nSPS) is 36.8. The van der Waals surface area contributed by atoms with Crippen LogP contribution in [0.2, 0.25) is 0 Å². The van der Waals surface area contributed by atoms with Crippen LogP contribution in [0.3, 0.4) is 0 Å². The van der Waals surface area contributed by atoms with Crippen LogP contribution in [0.4, 0.5) is 22.0 Å². The molecule has 1 aliphatic heterocycles. The van der Waals surface area contributed by atoms with E-state index in [-0.39, 0.29) is 0 Å². The van der Waals surface area contributed by atoms with E-state index in [0.29, 0.717) is 0 Å². The molecule has 1 atom stereocenters. The largest absolute Gasteiger partial charge is 0.301 e. The maximum absolute atomic E-state index is 12.8. The fraction of sp³-hybridized carbons (Fsp3) is 1.00. The zero-order valence-electron chi connectivity index (χ0n) is 6.11. The average molecular weight is 224 g/mol. The number of halogens is 5. The monoisotopic (exact) mass is 224 g/mol. The van der Waals surface area contributed by atoms with E-state index in [1.165, 1.54) is 0 Å². The summed E-state index contributed by atoms with van der Waals surface area (Å²) in [5.74, 6) is -8.16. The zero-order valence-corrected chi connectivity index (χ0v) is 6.92. The van der Waals surface area contributed by atoms with Gasteiger partial charge in [-0.05, 0) is 0 Å². The second-order valence-electron chi connectivity index (χ2n) is 2.90. The highest BCUT2D eigenvalue weighted by molar-refractivity contribution is 7.91. The van der Waals surface area contributed by atoms with Crippen molar-refractivity contribution in [3.05, 3.63) is 0 Å². The molecule has 78 valence electrons. The van der Waals surface area contributed by atoms with Gasteiger partial charge < -0.3 is 0 Å². The maximum atomic E-state index is 12.8. The molecule has 0 spiro atoms. The summed E-state index contributed by atoms with van der Waals surface area (Å²) in [4.78, 5) is 0. The molecule has 8 heteroatoms. The molecule has 2 nitrogen and oxygen atoms in total. The smallest absolute Gasteiger partial charge is 0.230 e. The second kappa shape index (κ2) is 2.55. The molecule has 1 rings (SSSR count). The Kier molecular flexibility index (Phi) is 2.10. The number of sulfone groups is 1.